The van der Waals surface area contributed by atoms with Gasteiger partial charge in [0.25, 0.3) is 0 Å². The van der Waals surface area contributed by atoms with Gasteiger partial charge in [0, 0.05) is 16.3 Å². The highest BCUT2D eigenvalue weighted by Crippen LogP contribution is 2.20. The second kappa shape index (κ2) is 6.14. The fraction of sp³-hybridized carbons (Fsp3) is 0.400. The van der Waals surface area contributed by atoms with Gasteiger partial charge in [0.2, 0.25) is 10.0 Å². The van der Waals surface area contributed by atoms with Crippen LogP contribution in [-0.4, -0.2) is 20.3 Å². The van der Waals surface area contributed by atoms with Gasteiger partial charge in [-0.2, -0.15) is 0 Å². The van der Waals surface area contributed by atoms with E-state index in [4.69, 9.17) is 0 Å². The summed E-state index contributed by atoms with van der Waals surface area (Å²) in [6, 6.07) is 6.77. The van der Waals surface area contributed by atoms with Crippen molar-refractivity contribution in [2.75, 3.05) is 11.9 Å². The molecule has 0 aliphatic heterocycles. The first-order valence-corrected chi connectivity index (χ1v) is 8.17. The fourth-order valence-electron chi connectivity index (χ4n) is 1.05. The number of hydrogen-bond donors (Lipinski definition) is 1. The Hall–Kier alpha value is 0.0900. The molecule has 0 fully saturated rings. The van der Waals surface area contributed by atoms with Gasteiger partial charge in [0.1, 0.15) is 0 Å². The molecule has 6 heteroatoms. The first-order valence-electron chi connectivity index (χ1n) is 4.77. The molecule has 0 saturated heterocycles. The van der Waals surface area contributed by atoms with Crippen LogP contribution in [0.1, 0.15) is 6.92 Å². The molecule has 90 valence electrons. The molecular formula is C10H13Br2NO2S. The van der Waals surface area contributed by atoms with Gasteiger partial charge in [-0.3, -0.25) is 0 Å². The zero-order valence-electron chi connectivity index (χ0n) is 8.78. The molecule has 3 nitrogen and oxygen atoms in total. The Balaban J connectivity index is 2.83. The van der Waals surface area contributed by atoms with E-state index < -0.39 is 10.0 Å². The molecule has 0 amide bonds. The van der Waals surface area contributed by atoms with Gasteiger partial charge in [-0.1, -0.05) is 35.0 Å². The number of halogens is 2. The Kier molecular flexibility index (Phi) is 5.43. The minimum absolute atomic E-state index is 0.261. The Bertz CT molecular complexity index is 448. The summed E-state index contributed by atoms with van der Waals surface area (Å²) in [4.78, 5) is 0.275. The standard InChI is InChI=1S/C10H13Br2NO2S/c1-8(6-11)7-13-16(14,15)10-5-3-2-4-9(10)12/h2-5,8,13H,6-7H2,1H3. The van der Waals surface area contributed by atoms with Crippen molar-refractivity contribution in [1.82, 2.24) is 4.72 Å². The quantitative estimate of drug-likeness (QED) is 0.810. The third-order valence-electron chi connectivity index (χ3n) is 2.01. The molecule has 1 aromatic rings. The summed E-state index contributed by atoms with van der Waals surface area (Å²) in [5.41, 5.74) is 0. The minimum atomic E-state index is -3.41. The van der Waals surface area contributed by atoms with E-state index in [1.54, 1.807) is 24.3 Å². The lowest BCUT2D eigenvalue weighted by molar-refractivity contribution is 0.563. The summed E-state index contributed by atoms with van der Waals surface area (Å²) in [6.45, 7) is 2.40. The van der Waals surface area contributed by atoms with Crippen molar-refractivity contribution in [3.05, 3.63) is 28.7 Å². The van der Waals surface area contributed by atoms with Gasteiger partial charge in [-0.05, 0) is 34.0 Å². The molecule has 0 aliphatic rings. The van der Waals surface area contributed by atoms with Crippen LogP contribution in [0.25, 0.3) is 0 Å². The van der Waals surface area contributed by atoms with E-state index in [2.05, 4.69) is 36.6 Å². The molecule has 1 rings (SSSR count). The highest BCUT2D eigenvalue weighted by molar-refractivity contribution is 9.10. The summed E-state index contributed by atoms with van der Waals surface area (Å²) in [5.74, 6) is 0.261. The van der Waals surface area contributed by atoms with E-state index in [1.165, 1.54) is 0 Å². The normalized spacial score (nSPS) is 13.7. The van der Waals surface area contributed by atoms with Crippen molar-refractivity contribution in [3.8, 4) is 0 Å². The monoisotopic (exact) mass is 369 g/mol. The highest BCUT2D eigenvalue weighted by atomic mass is 79.9. The van der Waals surface area contributed by atoms with Crippen LogP contribution in [0.5, 0.6) is 0 Å². The Morgan fingerprint density at radius 1 is 1.38 bits per heavy atom. The van der Waals surface area contributed by atoms with E-state index in [9.17, 15) is 8.42 Å². The van der Waals surface area contributed by atoms with Crippen LogP contribution < -0.4 is 4.72 Å². The molecule has 0 heterocycles. The number of sulfonamides is 1. The number of nitrogens with one attached hydrogen (secondary N) is 1. The summed E-state index contributed by atoms with van der Waals surface area (Å²) in [6.07, 6.45) is 0. The molecule has 0 aliphatic carbocycles. The van der Waals surface area contributed by atoms with Crippen LogP contribution in [0.4, 0.5) is 0 Å². The van der Waals surface area contributed by atoms with E-state index in [0.717, 1.165) is 5.33 Å². The minimum Gasteiger partial charge on any atom is -0.211 e. The van der Waals surface area contributed by atoms with Crippen molar-refractivity contribution in [2.45, 2.75) is 11.8 Å². The topological polar surface area (TPSA) is 46.2 Å². The summed E-state index contributed by atoms with van der Waals surface area (Å²) < 4.78 is 27.0. The average molecular weight is 371 g/mol. The molecular weight excluding hydrogens is 358 g/mol. The van der Waals surface area contributed by atoms with Crippen LogP contribution in [-0.2, 0) is 10.0 Å². The molecule has 0 spiro atoms. The second-order valence-corrected chi connectivity index (χ2v) is 6.78. The SMILES string of the molecule is CC(CBr)CNS(=O)(=O)c1ccccc1Br. The number of benzene rings is 1. The number of rotatable bonds is 5. The second-order valence-electron chi connectivity index (χ2n) is 3.54. The lowest BCUT2D eigenvalue weighted by atomic mass is 10.2. The van der Waals surface area contributed by atoms with E-state index in [-0.39, 0.29) is 10.8 Å². The fourth-order valence-corrected chi connectivity index (χ4v) is 3.44. The molecule has 1 aromatic carbocycles. The lowest BCUT2D eigenvalue weighted by Crippen LogP contribution is -2.29. The highest BCUT2D eigenvalue weighted by Gasteiger charge is 2.17. The van der Waals surface area contributed by atoms with Crippen molar-refractivity contribution >= 4 is 41.9 Å². The first-order chi connectivity index (χ1) is 7.47. The molecule has 0 radical (unpaired) electrons. The van der Waals surface area contributed by atoms with Gasteiger partial charge < -0.3 is 0 Å². The molecule has 1 atom stereocenters. The third kappa shape index (κ3) is 3.84. The zero-order valence-corrected chi connectivity index (χ0v) is 12.8. The van der Waals surface area contributed by atoms with Gasteiger partial charge in [-0.25, -0.2) is 13.1 Å². The molecule has 0 bridgehead atoms. The van der Waals surface area contributed by atoms with Crippen LogP contribution in [0.2, 0.25) is 0 Å². The number of hydrogen-bond acceptors (Lipinski definition) is 2. The van der Waals surface area contributed by atoms with E-state index in [1.807, 2.05) is 6.92 Å². The Morgan fingerprint density at radius 2 is 2.00 bits per heavy atom. The molecule has 0 saturated carbocycles. The third-order valence-corrected chi connectivity index (χ3v) is 5.55. The van der Waals surface area contributed by atoms with Crippen molar-refractivity contribution in [1.29, 1.82) is 0 Å². The predicted molar refractivity (Wildman–Crippen MR) is 72.3 cm³/mol. The van der Waals surface area contributed by atoms with Crippen molar-refractivity contribution in [2.24, 2.45) is 5.92 Å². The number of alkyl halides is 1. The molecule has 0 aromatic heterocycles. The van der Waals surface area contributed by atoms with E-state index >= 15 is 0 Å². The average Bonchev–Trinajstić information content (AvgIpc) is 2.26. The van der Waals surface area contributed by atoms with Crippen LogP contribution in [0, 0.1) is 5.92 Å². The maximum absolute atomic E-state index is 11.9. The Morgan fingerprint density at radius 3 is 2.56 bits per heavy atom. The van der Waals surface area contributed by atoms with Crippen molar-refractivity contribution < 1.29 is 8.42 Å². The summed E-state index contributed by atoms with van der Waals surface area (Å²) >= 11 is 6.54. The Labute approximate surface area is 113 Å². The largest absolute Gasteiger partial charge is 0.241 e. The maximum Gasteiger partial charge on any atom is 0.241 e. The smallest absolute Gasteiger partial charge is 0.211 e. The molecule has 16 heavy (non-hydrogen) atoms. The van der Waals surface area contributed by atoms with E-state index in [0.29, 0.717) is 11.0 Å². The first kappa shape index (κ1) is 14.2. The summed E-state index contributed by atoms with van der Waals surface area (Å²) in [5, 5.41) is 0.769. The summed E-state index contributed by atoms with van der Waals surface area (Å²) in [7, 11) is -3.41. The molecule has 1 N–H and O–H groups in total. The van der Waals surface area contributed by atoms with Gasteiger partial charge in [0.15, 0.2) is 0 Å². The zero-order chi connectivity index (χ0) is 12.2. The van der Waals surface area contributed by atoms with Gasteiger partial charge in [-0.15, -0.1) is 0 Å². The van der Waals surface area contributed by atoms with Crippen LogP contribution in [0.15, 0.2) is 33.6 Å². The van der Waals surface area contributed by atoms with Gasteiger partial charge in [0.05, 0.1) is 4.90 Å². The lowest BCUT2D eigenvalue weighted by Gasteiger charge is -2.11. The van der Waals surface area contributed by atoms with Gasteiger partial charge >= 0.3 is 0 Å². The predicted octanol–water partition coefficient (Wildman–Crippen LogP) is 2.76. The molecule has 1 unspecified atom stereocenters. The van der Waals surface area contributed by atoms with Crippen LogP contribution >= 0.6 is 31.9 Å². The van der Waals surface area contributed by atoms with Crippen LogP contribution in [0.3, 0.4) is 0 Å². The maximum atomic E-state index is 11.9. The van der Waals surface area contributed by atoms with Crippen molar-refractivity contribution in [3.63, 3.8) is 0 Å².